The van der Waals surface area contributed by atoms with Crippen LogP contribution in [0.1, 0.15) is 34.8 Å². The van der Waals surface area contributed by atoms with Crippen LogP contribution in [0.15, 0.2) is 6.07 Å². The zero-order chi connectivity index (χ0) is 11.4. The molecular weight excluding hydrogens is 212 g/mol. The van der Waals surface area contributed by atoms with E-state index in [2.05, 4.69) is 13.8 Å². The third-order valence-electron chi connectivity index (χ3n) is 2.24. The van der Waals surface area contributed by atoms with Crippen LogP contribution in [0.5, 0.6) is 5.75 Å². The summed E-state index contributed by atoms with van der Waals surface area (Å²) >= 11 is 1.26. The zero-order valence-electron chi connectivity index (χ0n) is 9.24. The van der Waals surface area contributed by atoms with Crippen LogP contribution in [0.25, 0.3) is 0 Å². The Labute approximate surface area is 93.7 Å². The molecule has 0 saturated heterocycles. The first kappa shape index (κ1) is 12.0. The molecule has 0 aliphatic carbocycles. The number of hydrogen-bond donors (Lipinski definition) is 1. The van der Waals surface area contributed by atoms with Gasteiger partial charge in [0.05, 0.1) is 6.61 Å². The van der Waals surface area contributed by atoms with E-state index in [9.17, 15) is 4.79 Å². The molecule has 84 valence electrons. The Morgan fingerprint density at radius 2 is 2.33 bits per heavy atom. The fraction of sp³-hybridized carbons (Fsp3) is 0.545. The van der Waals surface area contributed by atoms with E-state index in [0.717, 1.165) is 11.3 Å². The average molecular weight is 228 g/mol. The molecule has 0 aromatic carbocycles. The average Bonchev–Trinajstić information content (AvgIpc) is 2.56. The number of thiophene rings is 1. The Bertz CT molecular complexity index is 344. The van der Waals surface area contributed by atoms with E-state index in [1.807, 2.05) is 6.92 Å². The molecule has 4 heteroatoms. The van der Waals surface area contributed by atoms with Gasteiger partial charge in [-0.25, -0.2) is 4.79 Å². The number of rotatable bonds is 5. The molecule has 1 rings (SSSR count). The first-order valence-electron chi connectivity index (χ1n) is 5.01. The van der Waals surface area contributed by atoms with E-state index in [1.165, 1.54) is 11.3 Å². The van der Waals surface area contributed by atoms with Crippen LogP contribution in [0, 0.1) is 12.8 Å². The van der Waals surface area contributed by atoms with E-state index in [1.54, 1.807) is 6.07 Å². The van der Waals surface area contributed by atoms with Gasteiger partial charge in [0.1, 0.15) is 5.75 Å². The van der Waals surface area contributed by atoms with Gasteiger partial charge in [-0.2, -0.15) is 0 Å². The summed E-state index contributed by atoms with van der Waals surface area (Å²) in [6.45, 7) is 6.63. The fourth-order valence-electron chi connectivity index (χ4n) is 1.10. The van der Waals surface area contributed by atoms with Gasteiger partial charge in [-0.1, -0.05) is 20.3 Å². The molecule has 0 spiro atoms. The minimum Gasteiger partial charge on any atom is -0.492 e. The van der Waals surface area contributed by atoms with Gasteiger partial charge >= 0.3 is 5.97 Å². The van der Waals surface area contributed by atoms with E-state index in [-0.39, 0.29) is 0 Å². The molecule has 15 heavy (non-hydrogen) atoms. The molecule has 0 amide bonds. The quantitative estimate of drug-likeness (QED) is 0.842. The zero-order valence-corrected chi connectivity index (χ0v) is 10.1. The fourth-order valence-corrected chi connectivity index (χ4v) is 1.89. The summed E-state index contributed by atoms with van der Waals surface area (Å²) in [5.74, 6) is 0.0457. The van der Waals surface area contributed by atoms with Crippen LogP contribution in [-0.2, 0) is 0 Å². The molecule has 1 aromatic rings. The second-order valence-corrected chi connectivity index (χ2v) is 4.94. The van der Waals surface area contributed by atoms with Gasteiger partial charge in [-0.05, 0) is 18.9 Å². The van der Waals surface area contributed by atoms with Gasteiger partial charge in [0.25, 0.3) is 0 Å². The maximum atomic E-state index is 10.9. The number of carbonyl (C=O) groups is 1. The Morgan fingerprint density at radius 3 is 2.87 bits per heavy atom. The molecule has 0 aliphatic heterocycles. The SMILES string of the molecule is CCC(C)COc1cc(C)sc1C(=O)O. The molecule has 1 atom stereocenters. The number of ether oxygens (including phenoxy) is 1. The normalized spacial score (nSPS) is 12.5. The lowest BCUT2D eigenvalue weighted by Gasteiger charge is -2.09. The molecule has 0 fully saturated rings. The third-order valence-corrected chi connectivity index (χ3v) is 3.26. The van der Waals surface area contributed by atoms with Crippen molar-refractivity contribution in [1.29, 1.82) is 0 Å². The summed E-state index contributed by atoms with van der Waals surface area (Å²) in [4.78, 5) is 12.1. The van der Waals surface area contributed by atoms with Gasteiger partial charge in [-0.15, -0.1) is 11.3 Å². The van der Waals surface area contributed by atoms with Gasteiger partial charge in [0.15, 0.2) is 4.88 Å². The Balaban J connectivity index is 2.71. The Hall–Kier alpha value is -1.03. The lowest BCUT2D eigenvalue weighted by atomic mass is 10.1. The van der Waals surface area contributed by atoms with Crippen molar-refractivity contribution in [1.82, 2.24) is 0 Å². The summed E-state index contributed by atoms with van der Waals surface area (Å²) in [6.07, 6.45) is 1.03. The molecule has 1 N–H and O–H groups in total. The highest BCUT2D eigenvalue weighted by Gasteiger charge is 2.15. The summed E-state index contributed by atoms with van der Waals surface area (Å²) in [6, 6.07) is 1.79. The van der Waals surface area contributed by atoms with Crippen molar-refractivity contribution in [2.75, 3.05) is 6.61 Å². The summed E-state index contributed by atoms with van der Waals surface area (Å²) < 4.78 is 5.50. The van der Waals surface area contributed by atoms with Gasteiger partial charge in [0, 0.05) is 4.88 Å². The number of hydrogen-bond acceptors (Lipinski definition) is 3. The molecule has 3 nitrogen and oxygen atoms in total. The molecule has 1 heterocycles. The van der Waals surface area contributed by atoms with Gasteiger partial charge in [-0.3, -0.25) is 0 Å². The third kappa shape index (κ3) is 3.23. The van der Waals surface area contributed by atoms with Crippen LogP contribution >= 0.6 is 11.3 Å². The van der Waals surface area contributed by atoms with E-state index in [4.69, 9.17) is 9.84 Å². The number of carboxylic acids is 1. The van der Waals surface area contributed by atoms with Crippen LogP contribution in [-0.4, -0.2) is 17.7 Å². The topological polar surface area (TPSA) is 46.5 Å². The van der Waals surface area contributed by atoms with Crippen molar-refractivity contribution < 1.29 is 14.6 Å². The maximum absolute atomic E-state index is 10.9. The predicted octanol–water partition coefficient (Wildman–Crippen LogP) is 3.18. The van der Waals surface area contributed by atoms with Crippen molar-refractivity contribution >= 4 is 17.3 Å². The monoisotopic (exact) mass is 228 g/mol. The molecule has 1 aromatic heterocycles. The van der Waals surface area contributed by atoms with Crippen LogP contribution < -0.4 is 4.74 Å². The summed E-state index contributed by atoms with van der Waals surface area (Å²) in [5, 5.41) is 8.93. The van der Waals surface area contributed by atoms with Crippen molar-refractivity contribution in [2.45, 2.75) is 27.2 Å². The predicted molar refractivity (Wildman–Crippen MR) is 61.0 cm³/mol. The minimum atomic E-state index is -0.910. The van der Waals surface area contributed by atoms with Gasteiger partial charge < -0.3 is 9.84 Å². The van der Waals surface area contributed by atoms with Crippen molar-refractivity contribution in [2.24, 2.45) is 5.92 Å². The van der Waals surface area contributed by atoms with Crippen molar-refractivity contribution in [3.63, 3.8) is 0 Å². The lowest BCUT2D eigenvalue weighted by molar-refractivity contribution is 0.0697. The standard InChI is InChI=1S/C11H16O3S/c1-4-7(2)6-14-9-5-8(3)15-10(9)11(12)13/h5,7H,4,6H2,1-3H3,(H,12,13). The smallest absolute Gasteiger partial charge is 0.349 e. The van der Waals surface area contributed by atoms with E-state index >= 15 is 0 Å². The van der Waals surface area contributed by atoms with Crippen LogP contribution in [0.4, 0.5) is 0 Å². The lowest BCUT2D eigenvalue weighted by Crippen LogP contribution is -2.08. The van der Waals surface area contributed by atoms with E-state index in [0.29, 0.717) is 23.2 Å². The van der Waals surface area contributed by atoms with Crippen molar-refractivity contribution in [3.8, 4) is 5.75 Å². The molecule has 1 unspecified atom stereocenters. The Morgan fingerprint density at radius 1 is 1.67 bits per heavy atom. The highest BCUT2D eigenvalue weighted by atomic mass is 32.1. The molecular formula is C11H16O3S. The first-order chi connectivity index (χ1) is 7.04. The first-order valence-corrected chi connectivity index (χ1v) is 5.82. The second kappa shape index (κ2) is 5.16. The van der Waals surface area contributed by atoms with Crippen molar-refractivity contribution in [3.05, 3.63) is 15.8 Å². The molecule has 0 radical (unpaired) electrons. The van der Waals surface area contributed by atoms with Crippen LogP contribution in [0.2, 0.25) is 0 Å². The van der Waals surface area contributed by atoms with Crippen LogP contribution in [0.3, 0.4) is 0 Å². The highest BCUT2D eigenvalue weighted by molar-refractivity contribution is 7.14. The number of aromatic carboxylic acids is 1. The molecule has 0 aliphatic rings. The number of aryl methyl sites for hydroxylation is 1. The number of carboxylic acid groups (broad SMARTS) is 1. The minimum absolute atomic E-state index is 0.302. The van der Waals surface area contributed by atoms with Gasteiger partial charge in [0.2, 0.25) is 0 Å². The Kier molecular flexibility index (Phi) is 4.15. The second-order valence-electron chi connectivity index (χ2n) is 3.68. The maximum Gasteiger partial charge on any atom is 0.349 e. The summed E-state index contributed by atoms with van der Waals surface area (Å²) in [5.41, 5.74) is 0. The highest BCUT2D eigenvalue weighted by Crippen LogP contribution is 2.29. The molecule has 0 saturated carbocycles. The molecule has 0 bridgehead atoms. The largest absolute Gasteiger partial charge is 0.492 e. The van der Waals surface area contributed by atoms with E-state index < -0.39 is 5.97 Å². The summed E-state index contributed by atoms with van der Waals surface area (Å²) in [7, 11) is 0.